The molecule has 1 aromatic carbocycles. The van der Waals surface area contributed by atoms with Crippen molar-refractivity contribution in [2.24, 2.45) is 11.8 Å². The molecule has 0 N–H and O–H groups in total. The average Bonchev–Trinajstić information content (AvgIpc) is 2.96. The van der Waals surface area contributed by atoms with E-state index in [0.29, 0.717) is 0 Å². The quantitative estimate of drug-likeness (QED) is 0.748. The highest BCUT2D eigenvalue weighted by atomic mass is 16.6. The molecule has 24 heavy (non-hydrogen) atoms. The first kappa shape index (κ1) is 18.2. The van der Waals surface area contributed by atoms with Gasteiger partial charge in [-0.05, 0) is 11.5 Å². The van der Waals surface area contributed by atoms with Crippen LogP contribution in [0.5, 0.6) is 0 Å². The summed E-state index contributed by atoms with van der Waals surface area (Å²) in [5.41, 5.74) is 1.05. The van der Waals surface area contributed by atoms with Crippen molar-refractivity contribution in [3.05, 3.63) is 48.0 Å². The minimum atomic E-state index is -0.567. The summed E-state index contributed by atoms with van der Waals surface area (Å²) in [6.07, 6.45) is 2.51. The first-order chi connectivity index (χ1) is 11.5. The molecule has 130 valence electrons. The highest BCUT2D eigenvalue weighted by Gasteiger charge is 2.38. The topological polar surface area (TPSA) is 55.8 Å². The second-order valence-corrected chi connectivity index (χ2v) is 6.38. The van der Waals surface area contributed by atoms with Crippen LogP contribution in [0.2, 0.25) is 0 Å². The second kappa shape index (κ2) is 8.11. The van der Waals surface area contributed by atoms with Gasteiger partial charge < -0.3 is 9.47 Å². The monoisotopic (exact) mass is 331 g/mol. The Balaban J connectivity index is 2.08. The minimum Gasteiger partial charge on any atom is -0.447 e. The summed E-state index contributed by atoms with van der Waals surface area (Å²) in [6, 6.07) is 9.63. The van der Waals surface area contributed by atoms with Crippen molar-refractivity contribution in [1.29, 1.82) is 0 Å². The van der Waals surface area contributed by atoms with Crippen LogP contribution in [0.25, 0.3) is 0 Å². The summed E-state index contributed by atoms with van der Waals surface area (Å²) >= 11 is 0. The molecule has 1 aliphatic rings. The molecule has 2 amide bonds. The largest absolute Gasteiger partial charge is 0.447 e. The number of carbonyl (C=O) groups excluding carboxylic acids is 2. The lowest BCUT2D eigenvalue weighted by Gasteiger charge is -2.22. The van der Waals surface area contributed by atoms with Crippen molar-refractivity contribution in [3.8, 4) is 0 Å². The van der Waals surface area contributed by atoms with Crippen LogP contribution in [0.1, 0.15) is 32.4 Å². The maximum atomic E-state index is 12.4. The van der Waals surface area contributed by atoms with Gasteiger partial charge in [-0.15, -0.1) is 0 Å². The summed E-state index contributed by atoms with van der Waals surface area (Å²) < 4.78 is 10.6. The molecule has 0 aliphatic carbocycles. The van der Waals surface area contributed by atoms with E-state index in [1.165, 1.54) is 11.0 Å². The number of ether oxygens (including phenoxy) is 2. The molecular weight excluding hydrogens is 306 g/mol. The standard InChI is InChI=1S/C19H25NO4/c1-13(2)16-12-24-19(22)20(16)17(21)11-10-14(3)18(23-4)15-8-6-5-7-9-15/h5-11,13-14,16,18H,12H2,1-4H3/b11-10+/t14-,16+,18+/m0/s1. The van der Waals surface area contributed by atoms with Gasteiger partial charge >= 0.3 is 6.09 Å². The van der Waals surface area contributed by atoms with Gasteiger partial charge in [-0.25, -0.2) is 9.69 Å². The number of hydrogen-bond acceptors (Lipinski definition) is 4. The molecule has 5 nitrogen and oxygen atoms in total. The van der Waals surface area contributed by atoms with Crippen LogP contribution in [-0.2, 0) is 14.3 Å². The van der Waals surface area contributed by atoms with Crippen LogP contribution in [-0.4, -0.2) is 36.7 Å². The Hall–Kier alpha value is -2.14. The van der Waals surface area contributed by atoms with E-state index in [9.17, 15) is 9.59 Å². The average molecular weight is 331 g/mol. The van der Waals surface area contributed by atoms with Gasteiger partial charge in [0.1, 0.15) is 6.61 Å². The molecule has 0 unspecified atom stereocenters. The molecule has 5 heteroatoms. The third-order valence-electron chi connectivity index (χ3n) is 4.31. The molecule has 1 aliphatic heterocycles. The van der Waals surface area contributed by atoms with Gasteiger partial charge in [0.25, 0.3) is 5.91 Å². The third-order valence-corrected chi connectivity index (χ3v) is 4.31. The SMILES string of the molecule is CO[C@@H](c1ccccc1)[C@@H](C)/C=C/C(=O)N1C(=O)OC[C@@H]1C(C)C. The van der Waals surface area contributed by atoms with Crippen LogP contribution in [0.4, 0.5) is 4.79 Å². The second-order valence-electron chi connectivity index (χ2n) is 6.38. The number of carbonyl (C=O) groups is 2. The van der Waals surface area contributed by atoms with E-state index in [-0.39, 0.29) is 36.5 Å². The Morgan fingerprint density at radius 2 is 1.96 bits per heavy atom. The number of amides is 2. The van der Waals surface area contributed by atoms with E-state index in [4.69, 9.17) is 9.47 Å². The van der Waals surface area contributed by atoms with Crippen LogP contribution in [0.15, 0.2) is 42.5 Å². The Morgan fingerprint density at radius 1 is 1.29 bits per heavy atom. The lowest BCUT2D eigenvalue weighted by molar-refractivity contribution is -0.124. The summed E-state index contributed by atoms with van der Waals surface area (Å²) in [7, 11) is 1.65. The first-order valence-electron chi connectivity index (χ1n) is 8.21. The summed E-state index contributed by atoms with van der Waals surface area (Å²) in [6.45, 7) is 6.18. The van der Waals surface area contributed by atoms with Gasteiger partial charge in [0.2, 0.25) is 0 Å². The van der Waals surface area contributed by atoms with Crippen molar-refractivity contribution >= 4 is 12.0 Å². The van der Waals surface area contributed by atoms with E-state index in [0.717, 1.165) is 5.56 Å². The number of cyclic esters (lactones) is 1. The summed E-state index contributed by atoms with van der Waals surface area (Å²) in [5, 5.41) is 0. The number of imide groups is 1. The van der Waals surface area contributed by atoms with Gasteiger partial charge in [-0.2, -0.15) is 0 Å². The third kappa shape index (κ3) is 4.03. The van der Waals surface area contributed by atoms with Gasteiger partial charge in [-0.3, -0.25) is 4.79 Å². The molecule has 2 rings (SSSR count). The Morgan fingerprint density at radius 3 is 2.54 bits per heavy atom. The summed E-state index contributed by atoms with van der Waals surface area (Å²) in [5.74, 6) is -0.203. The van der Waals surface area contributed by atoms with E-state index < -0.39 is 6.09 Å². The smallest absolute Gasteiger partial charge is 0.417 e. The van der Waals surface area contributed by atoms with Crippen molar-refractivity contribution in [2.75, 3.05) is 13.7 Å². The van der Waals surface area contributed by atoms with E-state index >= 15 is 0 Å². The summed E-state index contributed by atoms with van der Waals surface area (Å²) in [4.78, 5) is 25.4. The molecule has 0 bridgehead atoms. The molecule has 1 fully saturated rings. The zero-order valence-electron chi connectivity index (χ0n) is 14.6. The Bertz CT molecular complexity index is 597. The predicted molar refractivity (Wildman–Crippen MR) is 91.3 cm³/mol. The molecule has 0 aromatic heterocycles. The molecule has 1 aromatic rings. The molecule has 1 heterocycles. The molecule has 3 atom stereocenters. The number of hydrogen-bond donors (Lipinski definition) is 0. The zero-order chi connectivity index (χ0) is 17.7. The normalized spacial score (nSPS) is 20.5. The van der Waals surface area contributed by atoms with E-state index in [1.54, 1.807) is 13.2 Å². The van der Waals surface area contributed by atoms with Crippen molar-refractivity contribution in [2.45, 2.75) is 32.9 Å². The molecular formula is C19H25NO4. The van der Waals surface area contributed by atoms with Crippen LogP contribution >= 0.6 is 0 Å². The highest BCUT2D eigenvalue weighted by Crippen LogP contribution is 2.26. The molecule has 0 radical (unpaired) electrons. The first-order valence-corrected chi connectivity index (χ1v) is 8.21. The van der Waals surface area contributed by atoms with Gasteiger partial charge in [0, 0.05) is 19.1 Å². The maximum absolute atomic E-state index is 12.4. The lowest BCUT2D eigenvalue weighted by atomic mass is 9.96. The number of methoxy groups -OCH3 is 1. The fourth-order valence-corrected chi connectivity index (χ4v) is 2.89. The van der Waals surface area contributed by atoms with Crippen LogP contribution in [0, 0.1) is 11.8 Å². The maximum Gasteiger partial charge on any atom is 0.417 e. The lowest BCUT2D eigenvalue weighted by Crippen LogP contribution is -2.40. The van der Waals surface area contributed by atoms with Crippen LogP contribution < -0.4 is 0 Å². The van der Waals surface area contributed by atoms with Crippen molar-refractivity contribution in [3.63, 3.8) is 0 Å². The molecule has 0 spiro atoms. The number of benzene rings is 1. The van der Waals surface area contributed by atoms with Crippen molar-refractivity contribution in [1.82, 2.24) is 4.90 Å². The Kier molecular flexibility index (Phi) is 6.15. The fourth-order valence-electron chi connectivity index (χ4n) is 2.89. The van der Waals surface area contributed by atoms with Gasteiger partial charge in [0.05, 0.1) is 12.1 Å². The van der Waals surface area contributed by atoms with Gasteiger partial charge in [-0.1, -0.05) is 57.2 Å². The predicted octanol–water partition coefficient (Wildman–Crippen LogP) is 3.57. The fraction of sp³-hybridized carbons (Fsp3) is 0.474. The molecule has 0 saturated carbocycles. The highest BCUT2D eigenvalue weighted by molar-refractivity contribution is 5.99. The van der Waals surface area contributed by atoms with Crippen molar-refractivity contribution < 1.29 is 19.1 Å². The minimum absolute atomic E-state index is 0.0162. The number of rotatable bonds is 6. The zero-order valence-corrected chi connectivity index (χ0v) is 14.6. The van der Waals surface area contributed by atoms with E-state index in [2.05, 4.69) is 0 Å². The van der Waals surface area contributed by atoms with Gasteiger partial charge in [0.15, 0.2) is 0 Å². The van der Waals surface area contributed by atoms with E-state index in [1.807, 2.05) is 51.1 Å². The van der Waals surface area contributed by atoms with Crippen LogP contribution in [0.3, 0.4) is 0 Å². The Labute approximate surface area is 143 Å². The molecule has 1 saturated heterocycles. The number of nitrogens with zero attached hydrogens (tertiary/aromatic N) is 1.